The SMILES string of the molecule is CCN1CCC(N(CCCO)Cc2nc(-c3cccnc3Cl)no2)CC1.Cl. The van der Waals surface area contributed by atoms with Gasteiger partial charge in [-0.05, 0) is 51.0 Å². The number of likely N-dealkylation sites (tertiary alicyclic amines) is 1. The molecule has 0 amide bonds. The summed E-state index contributed by atoms with van der Waals surface area (Å²) in [6.07, 6.45) is 4.61. The van der Waals surface area contributed by atoms with Crippen LogP contribution in [-0.2, 0) is 6.54 Å². The van der Waals surface area contributed by atoms with Gasteiger partial charge in [-0.25, -0.2) is 4.98 Å². The fourth-order valence-corrected chi connectivity index (χ4v) is 3.62. The first-order valence-corrected chi connectivity index (χ1v) is 9.59. The molecule has 0 aliphatic carbocycles. The van der Waals surface area contributed by atoms with Crippen molar-refractivity contribution in [3.8, 4) is 11.4 Å². The maximum absolute atomic E-state index is 9.24. The van der Waals surface area contributed by atoms with Crippen LogP contribution in [0.5, 0.6) is 0 Å². The minimum Gasteiger partial charge on any atom is -0.396 e. The van der Waals surface area contributed by atoms with Gasteiger partial charge in [0.25, 0.3) is 0 Å². The smallest absolute Gasteiger partial charge is 0.241 e. The third kappa shape index (κ3) is 5.86. The summed E-state index contributed by atoms with van der Waals surface area (Å²) in [6, 6.07) is 4.10. The molecule has 27 heavy (non-hydrogen) atoms. The molecule has 0 bridgehead atoms. The molecule has 0 saturated carbocycles. The van der Waals surface area contributed by atoms with Gasteiger partial charge in [-0.2, -0.15) is 4.98 Å². The van der Waals surface area contributed by atoms with Gasteiger partial charge in [0.15, 0.2) is 0 Å². The van der Waals surface area contributed by atoms with Crippen molar-refractivity contribution in [3.63, 3.8) is 0 Å². The Labute approximate surface area is 171 Å². The molecule has 3 heterocycles. The van der Waals surface area contributed by atoms with Crippen LogP contribution in [0.25, 0.3) is 11.4 Å². The molecular formula is C18H27Cl2N5O2. The van der Waals surface area contributed by atoms with Crippen molar-refractivity contribution in [1.82, 2.24) is 24.9 Å². The van der Waals surface area contributed by atoms with Crippen LogP contribution in [-0.4, -0.2) is 68.9 Å². The molecule has 0 atom stereocenters. The Morgan fingerprint density at radius 2 is 2.15 bits per heavy atom. The zero-order valence-corrected chi connectivity index (χ0v) is 17.1. The fourth-order valence-electron chi connectivity index (χ4n) is 3.42. The van der Waals surface area contributed by atoms with Gasteiger partial charge >= 0.3 is 0 Å². The Kier molecular flexibility index (Phi) is 8.92. The monoisotopic (exact) mass is 415 g/mol. The molecule has 150 valence electrons. The Morgan fingerprint density at radius 1 is 1.37 bits per heavy atom. The van der Waals surface area contributed by atoms with Crippen LogP contribution in [0.2, 0.25) is 5.15 Å². The maximum atomic E-state index is 9.24. The number of aliphatic hydroxyl groups excluding tert-OH is 1. The Hall–Kier alpha value is -1.25. The van der Waals surface area contributed by atoms with Crippen molar-refractivity contribution in [3.05, 3.63) is 29.4 Å². The van der Waals surface area contributed by atoms with Crippen LogP contribution < -0.4 is 0 Å². The van der Waals surface area contributed by atoms with Gasteiger partial charge in [-0.15, -0.1) is 12.4 Å². The molecule has 2 aromatic heterocycles. The molecule has 2 aromatic rings. The molecular weight excluding hydrogens is 389 g/mol. The van der Waals surface area contributed by atoms with Crippen LogP contribution in [0.4, 0.5) is 0 Å². The lowest BCUT2D eigenvalue weighted by molar-refractivity contribution is 0.0891. The normalized spacial score (nSPS) is 15.9. The van der Waals surface area contributed by atoms with Crippen molar-refractivity contribution >= 4 is 24.0 Å². The van der Waals surface area contributed by atoms with Crippen LogP contribution in [0.15, 0.2) is 22.9 Å². The third-order valence-electron chi connectivity index (χ3n) is 4.93. The highest BCUT2D eigenvalue weighted by Crippen LogP contribution is 2.24. The summed E-state index contributed by atoms with van der Waals surface area (Å²) >= 11 is 6.12. The van der Waals surface area contributed by atoms with E-state index in [1.54, 1.807) is 12.3 Å². The number of aromatic nitrogens is 3. The summed E-state index contributed by atoms with van der Waals surface area (Å²) in [7, 11) is 0. The Morgan fingerprint density at radius 3 is 2.81 bits per heavy atom. The molecule has 0 radical (unpaired) electrons. The second-order valence-corrected chi connectivity index (χ2v) is 6.92. The molecule has 0 unspecified atom stereocenters. The van der Waals surface area contributed by atoms with Gasteiger partial charge in [0.05, 0.1) is 12.1 Å². The van der Waals surface area contributed by atoms with Gasteiger partial charge < -0.3 is 14.5 Å². The second-order valence-electron chi connectivity index (χ2n) is 6.57. The molecule has 1 N–H and O–H groups in total. The molecule has 9 heteroatoms. The van der Waals surface area contributed by atoms with E-state index in [1.165, 1.54) is 0 Å². The quantitative estimate of drug-likeness (QED) is 0.663. The topological polar surface area (TPSA) is 78.5 Å². The van der Waals surface area contributed by atoms with E-state index in [-0.39, 0.29) is 19.0 Å². The van der Waals surface area contributed by atoms with Crippen LogP contribution >= 0.6 is 24.0 Å². The highest BCUT2D eigenvalue weighted by atomic mass is 35.5. The molecule has 1 aliphatic rings. The van der Waals surface area contributed by atoms with E-state index in [4.69, 9.17) is 16.1 Å². The Balaban J connectivity index is 0.00000261. The highest BCUT2D eigenvalue weighted by Gasteiger charge is 2.25. The lowest BCUT2D eigenvalue weighted by atomic mass is 10.0. The minimum absolute atomic E-state index is 0. The number of nitrogens with zero attached hydrogens (tertiary/aromatic N) is 5. The number of pyridine rings is 1. The number of rotatable bonds is 8. The van der Waals surface area contributed by atoms with E-state index < -0.39 is 0 Å². The molecule has 3 rings (SSSR count). The number of hydrogen-bond donors (Lipinski definition) is 1. The van der Waals surface area contributed by atoms with Crippen molar-refractivity contribution in [1.29, 1.82) is 0 Å². The van der Waals surface area contributed by atoms with Gasteiger partial charge in [-0.3, -0.25) is 4.90 Å². The third-order valence-corrected chi connectivity index (χ3v) is 5.23. The summed E-state index contributed by atoms with van der Waals surface area (Å²) in [5.74, 6) is 1.02. The molecule has 7 nitrogen and oxygen atoms in total. The van der Waals surface area contributed by atoms with Crippen molar-refractivity contribution in [2.45, 2.75) is 38.8 Å². The predicted molar refractivity (Wildman–Crippen MR) is 107 cm³/mol. The van der Waals surface area contributed by atoms with Gasteiger partial charge in [-0.1, -0.05) is 23.7 Å². The van der Waals surface area contributed by atoms with E-state index in [0.717, 1.165) is 45.4 Å². The first-order chi connectivity index (χ1) is 12.7. The second kappa shape index (κ2) is 10.9. The van der Waals surface area contributed by atoms with Crippen molar-refractivity contribution < 1.29 is 9.63 Å². The van der Waals surface area contributed by atoms with Gasteiger partial charge in [0.1, 0.15) is 5.15 Å². The Bertz CT molecular complexity index is 692. The van der Waals surface area contributed by atoms with E-state index in [1.807, 2.05) is 6.07 Å². The lowest BCUT2D eigenvalue weighted by Gasteiger charge is -2.37. The van der Waals surface area contributed by atoms with Gasteiger partial charge in [0, 0.05) is 25.4 Å². The van der Waals surface area contributed by atoms with Crippen LogP contribution in [0, 0.1) is 0 Å². The lowest BCUT2D eigenvalue weighted by Crippen LogP contribution is -2.45. The molecule has 0 spiro atoms. The summed E-state index contributed by atoms with van der Waals surface area (Å²) < 4.78 is 5.46. The summed E-state index contributed by atoms with van der Waals surface area (Å²) in [6.45, 7) is 7.11. The first-order valence-electron chi connectivity index (χ1n) is 9.22. The molecule has 1 fully saturated rings. The zero-order chi connectivity index (χ0) is 18.4. The first kappa shape index (κ1) is 22.0. The van der Waals surface area contributed by atoms with Crippen molar-refractivity contribution in [2.75, 3.05) is 32.8 Å². The van der Waals surface area contributed by atoms with E-state index in [9.17, 15) is 5.11 Å². The number of halogens is 2. The number of hydrogen-bond acceptors (Lipinski definition) is 7. The van der Waals surface area contributed by atoms with Crippen molar-refractivity contribution in [2.24, 2.45) is 0 Å². The van der Waals surface area contributed by atoms with Crippen LogP contribution in [0.1, 0.15) is 32.1 Å². The minimum atomic E-state index is 0. The van der Waals surface area contributed by atoms with E-state index in [0.29, 0.717) is 35.0 Å². The predicted octanol–water partition coefficient (Wildman–Crippen LogP) is 2.88. The molecule has 1 saturated heterocycles. The average Bonchev–Trinajstić information content (AvgIpc) is 3.14. The zero-order valence-electron chi connectivity index (χ0n) is 15.6. The van der Waals surface area contributed by atoms with E-state index in [2.05, 4.69) is 31.8 Å². The van der Waals surface area contributed by atoms with Crippen LogP contribution in [0.3, 0.4) is 0 Å². The largest absolute Gasteiger partial charge is 0.396 e. The fraction of sp³-hybridized carbons (Fsp3) is 0.611. The number of piperidine rings is 1. The summed E-state index contributed by atoms with van der Waals surface area (Å²) in [4.78, 5) is 13.4. The summed E-state index contributed by atoms with van der Waals surface area (Å²) in [5, 5.41) is 13.7. The highest BCUT2D eigenvalue weighted by molar-refractivity contribution is 6.31. The average molecular weight is 416 g/mol. The maximum Gasteiger partial charge on any atom is 0.241 e. The van der Waals surface area contributed by atoms with Gasteiger partial charge in [0.2, 0.25) is 11.7 Å². The molecule has 0 aromatic carbocycles. The standard InChI is InChI=1S/C18H26ClN5O2.ClH/c1-2-23-10-6-14(7-11-23)24(9-4-12-25)13-16-21-18(22-26-16)15-5-3-8-20-17(15)19;/h3,5,8,14,25H,2,4,6-7,9-13H2,1H3;1H. The molecule has 1 aliphatic heterocycles. The number of aliphatic hydroxyl groups is 1. The van der Waals surface area contributed by atoms with E-state index >= 15 is 0 Å². The summed E-state index contributed by atoms with van der Waals surface area (Å²) in [5.41, 5.74) is 0.669.